The quantitative estimate of drug-likeness (QED) is 0.789. The Morgan fingerprint density at radius 1 is 1.60 bits per heavy atom. The summed E-state index contributed by atoms with van der Waals surface area (Å²) in [4.78, 5) is 16.7. The largest absolute Gasteiger partial charge is 0.358 e. The van der Waals surface area contributed by atoms with Gasteiger partial charge in [-0.25, -0.2) is 0 Å². The third-order valence-electron chi connectivity index (χ3n) is 2.18. The van der Waals surface area contributed by atoms with Gasteiger partial charge in [0.2, 0.25) is 5.91 Å². The van der Waals surface area contributed by atoms with Crippen LogP contribution in [0.4, 0.5) is 0 Å². The zero-order valence-corrected chi connectivity index (χ0v) is 10.1. The van der Waals surface area contributed by atoms with Crippen LogP contribution < -0.4 is 10.6 Å². The van der Waals surface area contributed by atoms with E-state index in [-0.39, 0.29) is 17.9 Å². The summed E-state index contributed by atoms with van der Waals surface area (Å²) in [5, 5.41) is 5.89. The molecule has 0 saturated heterocycles. The van der Waals surface area contributed by atoms with E-state index in [4.69, 9.17) is 0 Å². The Balaban J connectivity index is 2.49. The molecule has 1 amide bonds. The average molecular weight is 227 g/mol. The topological polar surface area (TPSA) is 54.0 Å². The lowest BCUT2D eigenvalue weighted by Crippen LogP contribution is -2.45. The molecule has 4 nitrogen and oxygen atoms in total. The Labute approximate surface area is 94.1 Å². The molecule has 2 N–H and O–H groups in total. The van der Waals surface area contributed by atoms with E-state index in [9.17, 15) is 4.79 Å². The van der Waals surface area contributed by atoms with Crippen molar-refractivity contribution in [3.05, 3.63) is 16.6 Å². The molecule has 84 valence electrons. The summed E-state index contributed by atoms with van der Waals surface area (Å²) in [7, 11) is 1.66. The van der Waals surface area contributed by atoms with E-state index in [0.717, 1.165) is 4.88 Å². The summed E-state index contributed by atoms with van der Waals surface area (Å²) >= 11 is 1.59. The third-order valence-corrected chi connectivity index (χ3v) is 2.95. The molecular formula is C10H17N3OS. The third kappa shape index (κ3) is 3.60. The molecule has 0 aliphatic carbocycles. The minimum atomic E-state index is -0.142. The summed E-state index contributed by atoms with van der Waals surface area (Å²) in [6.45, 7) is 4.75. The van der Waals surface area contributed by atoms with Gasteiger partial charge in [0, 0.05) is 24.7 Å². The van der Waals surface area contributed by atoms with Gasteiger partial charge in [0.05, 0.1) is 11.6 Å². The summed E-state index contributed by atoms with van der Waals surface area (Å²) in [6.07, 6.45) is 1.82. The Morgan fingerprint density at radius 3 is 2.80 bits per heavy atom. The van der Waals surface area contributed by atoms with Crippen LogP contribution in [0.1, 0.15) is 18.7 Å². The molecule has 0 bridgehead atoms. The van der Waals surface area contributed by atoms with Crippen LogP contribution >= 0.6 is 11.3 Å². The highest BCUT2D eigenvalue weighted by Crippen LogP contribution is 2.07. The Morgan fingerprint density at radius 2 is 2.33 bits per heavy atom. The molecule has 0 aliphatic heterocycles. The van der Waals surface area contributed by atoms with E-state index >= 15 is 0 Å². The van der Waals surface area contributed by atoms with Gasteiger partial charge in [-0.3, -0.25) is 9.78 Å². The maximum absolute atomic E-state index is 11.5. The molecule has 1 aromatic rings. The Bertz CT molecular complexity index is 298. The van der Waals surface area contributed by atoms with Crippen molar-refractivity contribution < 1.29 is 4.79 Å². The fourth-order valence-corrected chi connectivity index (χ4v) is 1.87. The molecule has 0 saturated carbocycles. The number of rotatable bonds is 5. The van der Waals surface area contributed by atoms with Gasteiger partial charge in [-0.2, -0.15) is 0 Å². The molecule has 0 aromatic carbocycles. The zero-order chi connectivity index (χ0) is 11.3. The normalized spacial score (nSPS) is 12.8. The summed E-state index contributed by atoms with van der Waals surface area (Å²) in [5.74, 6) is 0.312. The number of hydrogen-bond acceptors (Lipinski definition) is 4. The summed E-state index contributed by atoms with van der Waals surface area (Å²) < 4.78 is 0. The van der Waals surface area contributed by atoms with E-state index in [1.807, 2.05) is 20.0 Å². The number of carbonyl (C=O) groups excluding carboxylic acids is 1. The highest BCUT2D eigenvalue weighted by Gasteiger charge is 2.20. The molecule has 0 aliphatic rings. The first-order valence-corrected chi connectivity index (χ1v) is 5.85. The van der Waals surface area contributed by atoms with Gasteiger partial charge in [-0.15, -0.1) is 11.3 Å². The van der Waals surface area contributed by atoms with Gasteiger partial charge in [0.25, 0.3) is 0 Å². The summed E-state index contributed by atoms with van der Waals surface area (Å²) in [5.41, 5.74) is 1.79. The highest BCUT2D eigenvalue weighted by atomic mass is 32.1. The highest BCUT2D eigenvalue weighted by molar-refractivity contribution is 7.09. The van der Waals surface area contributed by atoms with Crippen molar-refractivity contribution in [1.29, 1.82) is 0 Å². The number of aromatic nitrogens is 1. The second kappa shape index (κ2) is 5.82. The SMILES string of the molecule is CNC(=O)C(NCc1cncs1)C(C)C. The predicted octanol–water partition coefficient (Wildman–Crippen LogP) is 1.00. The lowest BCUT2D eigenvalue weighted by atomic mass is 10.0. The van der Waals surface area contributed by atoms with Crippen molar-refractivity contribution in [3.8, 4) is 0 Å². The minimum Gasteiger partial charge on any atom is -0.358 e. The molecule has 1 heterocycles. The van der Waals surface area contributed by atoms with Gasteiger partial charge >= 0.3 is 0 Å². The average Bonchev–Trinajstić information content (AvgIpc) is 2.70. The van der Waals surface area contributed by atoms with Gasteiger partial charge in [0.15, 0.2) is 0 Å². The maximum Gasteiger partial charge on any atom is 0.237 e. The number of thiazole rings is 1. The monoisotopic (exact) mass is 227 g/mol. The number of amides is 1. The lowest BCUT2D eigenvalue weighted by molar-refractivity contribution is -0.123. The van der Waals surface area contributed by atoms with Gasteiger partial charge in [-0.1, -0.05) is 13.8 Å². The van der Waals surface area contributed by atoms with Crippen molar-refractivity contribution >= 4 is 17.2 Å². The number of nitrogens with zero attached hydrogens (tertiary/aromatic N) is 1. The first kappa shape index (κ1) is 12.1. The van der Waals surface area contributed by atoms with Crippen molar-refractivity contribution in [2.24, 2.45) is 5.92 Å². The van der Waals surface area contributed by atoms with E-state index in [1.54, 1.807) is 23.9 Å². The lowest BCUT2D eigenvalue weighted by Gasteiger charge is -2.20. The van der Waals surface area contributed by atoms with Crippen LogP contribution in [-0.2, 0) is 11.3 Å². The molecule has 15 heavy (non-hydrogen) atoms. The van der Waals surface area contributed by atoms with E-state index in [0.29, 0.717) is 6.54 Å². The molecule has 0 spiro atoms. The molecule has 0 fully saturated rings. The number of nitrogens with one attached hydrogen (secondary N) is 2. The molecule has 0 radical (unpaired) electrons. The Hall–Kier alpha value is -0.940. The molecule has 1 aromatic heterocycles. The van der Waals surface area contributed by atoms with Crippen LogP contribution in [0.15, 0.2) is 11.7 Å². The van der Waals surface area contributed by atoms with Gasteiger partial charge in [0.1, 0.15) is 0 Å². The second-order valence-corrected chi connectivity index (χ2v) is 4.66. The van der Waals surface area contributed by atoms with Crippen LogP contribution in [0.3, 0.4) is 0 Å². The van der Waals surface area contributed by atoms with E-state index < -0.39 is 0 Å². The first-order valence-electron chi connectivity index (χ1n) is 4.97. The Kier molecular flexibility index (Phi) is 4.71. The fraction of sp³-hybridized carbons (Fsp3) is 0.600. The van der Waals surface area contributed by atoms with Crippen molar-refractivity contribution in [2.75, 3.05) is 7.05 Å². The van der Waals surface area contributed by atoms with Crippen molar-refractivity contribution in [1.82, 2.24) is 15.6 Å². The number of hydrogen-bond donors (Lipinski definition) is 2. The predicted molar refractivity (Wildman–Crippen MR) is 61.6 cm³/mol. The minimum absolute atomic E-state index is 0.0366. The summed E-state index contributed by atoms with van der Waals surface area (Å²) in [6, 6.07) is -0.142. The van der Waals surface area contributed by atoms with E-state index in [2.05, 4.69) is 15.6 Å². The molecule has 1 unspecified atom stereocenters. The second-order valence-electron chi connectivity index (χ2n) is 3.68. The van der Waals surface area contributed by atoms with Gasteiger partial charge < -0.3 is 10.6 Å². The standard InChI is InChI=1S/C10H17N3OS/c1-7(2)9(10(14)11-3)13-5-8-4-12-6-15-8/h4,6-7,9,13H,5H2,1-3H3,(H,11,14). The first-order chi connectivity index (χ1) is 7.15. The van der Waals surface area contributed by atoms with Crippen LogP contribution in [0.2, 0.25) is 0 Å². The molecular weight excluding hydrogens is 210 g/mol. The van der Waals surface area contributed by atoms with Crippen LogP contribution in [0.25, 0.3) is 0 Å². The number of likely N-dealkylation sites (N-methyl/N-ethyl adjacent to an activating group) is 1. The van der Waals surface area contributed by atoms with Crippen LogP contribution in [0, 0.1) is 5.92 Å². The van der Waals surface area contributed by atoms with Crippen molar-refractivity contribution in [2.45, 2.75) is 26.4 Å². The fourth-order valence-electron chi connectivity index (χ4n) is 1.33. The molecule has 1 rings (SSSR count). The number of carbonyl (C=O) groups is 1. The zero-order valence-electron chi connectivity index (χ0n) is 9.28. The smallest absolute Gasteiger partial charge is 0.237 e. The molecule has 5 heteroatoms. The van der Waals surface area contributed by atoms with E-state index in [1.165, 1.54) is 0 Å². The van der Waals surface area contributed by atoms with Gasteiger partial charge in [-0.05, 0) is 5.92 Å². The maximum atomic E-state index is 11.5. The van der Waals surface area contributed by atoms with Crippen LogP contribution in [0.5, 0.6) is 0 Å². The van der Waals surface area contributed by atoms with Crippen LogP contribution in [-0.4, -0.2) is 24.0 Å². The van der Waals surface area contributed by atoms with Crippen molar-refractivity contribution in [3.63, 3.8) is 0 Å². The molecule has 1 atom stereocenters.